The van der Waals surface area contributed by atoms with Gasteiger partial charge in [-0.05, 0) is 62.1 Å². The number of sulfonamides is 1. The Hall–Kier alpha value is -1.72. The van der Waals surface area contributed by atoms with Crippen molar-refractivity contribution in [3.05, 3.63) is 65.0 Å². The van der Waals surface area contributed by atoms with E-state index in [0.717, 1.165) is 11.1 Å². The molecule has 1 unspecified atom stereocenters. The molecule has 0 saturated heterocycles. The van der Waals surface area contributed by atoms with Crippen LogP contribution >= 0.6 is 24.0 Å². The molecule has 6 nitrogen and oxygen atoms in total. The minimum Gasteiger partial charge on any atom is -0.357 e. The highest BCUT2D eigenvalue weighted by Gasteiger charge is 2.10. The smallest absolute Gasteiger partial charge is 0.238 e. The number of hydrogen-bond donors (Lipinski definition) is 3. The van der Waals surface area contributed by atoms with Gasteiger partial charge in [0.2, 0.25) is 10.0 Å². The first-order valence-corrected chi connectivity index (χ1v) is 10.7. The average molecular weight is 534 g/mol. The molecule has 160 valence electrons. The van der Waals surface area contributed by atoms with Gasteiger partial charge in [-0.3, -0.25) is 4.99 Å². The summed E-state index contributed by atoms with van der Waals surface area (Å²) in [7, 11) is -3.68. The predicted octanol–water partition coefficient (Wildman–Crippen LogP) is 3.26. The fourth-order valence-electron chi connectivity index (χ4n) is 2.63. The van der Waals surface area contributed by atoms with E-state index in [2.05, 4.69) is 15.6 Å². The highest BCUT2D eigenvalue weighted by Crippen LogP contribution is 2.16. The summed E-state index contributed by atoms with van der Waals surface area (Å²) in [4.78, 5) is 4.63. The molecule has 0 saturated carbocycles. The lowest BCUT2D eigenvalue weighted by Gasteiger charge is -2.18. The second-order valence-corrected chi connectivity index (χ2v) is 8.14. The van der Waals surface area contributed by atoms with Crippen LogP contribution < -0.4 is 15.8 Å². The van der Waals surface area contributed by atoms with E-state index in [4.69, 9.17) is 5.14 Å². The van der Waals surface area contributed by atoms with Crippen LogP contribution in [0.5, 0.6) is 0 Å². The fourth-order valence-corrected chi connectivity index (χ4v) is 3.14. The maximum atomic E-state index is 13.8. The first-order valence-electron chi connectivity index (χ1n) is 9.13. The molecule has 9 heteroatoms. The predicted molar refractivity (Wildman–Crippen MR) is 126 cm³/mol. The summed E-state index contributed by atoms with van der Waals surface area (Å²) in [5.74, 6) is 0.410. The zero-order valence-corrected chi connectivity index (χ0v) is 19.9. The summed E-state index contributed by atoms with van der Waals surface area (Å²) in [6.45, 7) is 6.86. The van der Waals surface area contributed by atoms with E-state index in [0.29, 0.717) is 31.0 Å². The monoisotopic (exact) mass is 534 g/mol. The van der Waals surface area contributed by atoms with E-state index >= 15 is 0 Å². The normalized spacial score (nSPS) is 12.8. The van der Waals surface area contributed by atoms with Crippen LogP contribution in [0.2, 0.25) is 0 Å². The van der Waals surface area contributed by atoms with Crippen LogP contribution in [0.3, 0.4) is 0 Å². The quantitative estimate of drug-likeness (QED) is 0.289. The Balaban J connectivity index is 0.00000420. The molecular formula is C20H28FIN4O2S. The molecule has 0 heterocycles. The standard InChI is InChI=1S/C20H27FN4O2S.HI/c1-4-23-20(25-15(3)17-8-5-14(2)19(21)13-17)24-12-11-16-6-9-18(10-7-16)28(22,26)27;/h5-10,13,15H,4,11-12H2,1-3H3,(H2,22,26,27)(H2,23,24,25);1H. The highest BCUT2D eigenvalue weighted by molar-refractivity contribution is 14.0. The Morgan fingerprint density at radius 1 is 1.21 bits per heavy atom. The Morgan fingerprint density at radius 2 is 1.86 bits per heavy atom. The van der Waals surface area contributed by atoms with Crippen molar-refractivity contribution in [2.45, 2.75) is 38.1 Å². The first-order chi connectivity index (χ1) is 13.2. The third kappa shape index (κ3) is 7.90. The second-order valence-electron chi connectivity index (χ2n) is 6.57. The summed E-state index contributed by atoms with van der Waals surface area (Å²) < 4.78 is 36.4. The molecule has 2 aromatic rings. The number of guanidine groups is 1. The third-order valence-electron chi connectivity index (χ3n) is 4.32. The highest BCUT2D eigenvalue weighted by atomic mass is 127. The average Bonchev–Trinajstić information content (AvgIpc) is 2.63. The summed E-state index contributed by atoms with van der Waals surface area (Å²) in [5, 5.41) is 11.5. The lowest BCUT2D eigenvalue weighted by Crippen LogP contribution is -2.38. The molecule has 0 fully saturated rings. The molecule has 0 amide bonds. The second kappa shape index (κ2) is 11.5. The Bertz CT molecular complexity index is 934. The largest absolute Gasteiger partial charge is 0.357 e. The number of hydrogen-bond acceptors (Lipinski definition) is 3. The van der Waals surface area contributed by atoms with Crippen LogP contribution in [-0.4, -0.2) is 27.5 Å². The van der Waals surface area contributed by atoms with Crippen LogP contribution in [0.15, 0.2) is 52.4 Å². The summed E-state index contributed by atoms with van der Waals surface area (Å²) in [5.41, 5.74) is 2.41. The molecule has 1 atom stereocenters. The van der Waals surface area contributed by atoms with Gasteiger partial charge in [0.1, 0.15) is 5.82 Å². The minimum atomic E-state index is -3.68. The zero-order valence-electron chi connectivity index (χ0n) is 16.8. The number of aliphatic imine (C=N–C) groups is 1. The van der Waals surface area contributed by atoms with Crippen molar-refractivity contribution < 1.29 is 12.8 Å². The number of halogens is 2. The Morgan fingerprint density at radius 3 is 2.41 bits per heavy atom. The molecule has 4 N–H and O–H groups in total. The van der Waals surface area contributed by atoms with Crippen LogP contribution in [0, 0.1) is 12.7 Å². The molecule has 0 radical (unpaired) electrons. The molecule has 0 spiro atoms. The Labute approximate surface area is 189 Å². The fraction of sp³-hybridized carbons (Fsp3) is 0.350. The number of benzene rings is 2. The Kier molecular flexibility index (Phi) is 10.0. The van der Waals surface area contributed by atoms with Crippen LogP contribution in [0.4, 0.5) is 4.39 Å². The van der Waals surface area contributed by atoms with Gasteiger partial charge in [0, 0.05) is 13.1 Å². The molecule has 0 aromatic heterocycles. The number of nitrogens with two attached hydrogens (primary N) is 1. The summed E-state index contributed by atoms with van der Waals surface area (Å²) >= 11 is 0. The van der Waals surface area contributed by atoms with E-state index in [-0.39, 0.29) is 40.7 Å². The van der Waals surface area contributed by atoms with Crippen molar-refractivity contribution in [3.8, 4) is 0 Å². The molecular weight excluding hydrogens is 506 g/mol. The molecule has 2 rings (SSSR count). The van der Waals surface area contributed by atoms with Gasteiger partial charge in [-0.2, -0.15) is 0 Å². The van der Waals surface area contributed by atoms with E-state index in [1.54, 1.807) is 25.1 Å². The SMILES string of the molecule is CCNC(=NCCc1ccc(S(N)(=O)=O)cc1)NC(C)c1ccc(C)c(F)c1.I. The summed E-state index contributed by atoms with van der Waals surface area (Å²) in [6.07, 6.45) is 0.648. The maximum absolute atomic E-state index is 13.8. The van der Waals surface area contributed by atoms with Gasteiger partial charge in [-0.25, -0.2) is 17.9 Å². The van der Waals surface area contributed by atoms with Gasteiger partial charge in [-0.1, -0.05) is 24.3 Å². The zero-order chi connectivity index (χ0) is 20.7. The van der Waals surface area contributed by atoms with E-state index in [1.165, 1.54) is 18.2 Å². The van der Waals surface area contributed by atoms with Gasteiger partial charge < -0.3 is 10.6 Å². The van der Waals surface area contributed by atoms with Crippen LogP contribution in [0.25, 0.3) is 0 Å². The molecule has 0 bridgehead atoms. The summed E-state index contributed by atoms with van der Waals surface area (Å²) in [6, 6.07) is 11.5. The van der Waals surface area contributed by atoms with Crippen molar-refractivity contribution in [2.75, 3.05) is 13.1 Å². The van der Waals surface area contributed by atoms with Crippen LogP contribution in [-0.2, 0) is 16.4 Å². The van der Waals surface area contributed by atoms with Gasteiger partial charge in [0.15, 0.2) is 5.96 Å². The van der Waals surface area contributed by atoms with Crippen LogP contribution in [0.1, 0.15) is 36.6 Å². The van der Waals surface area contributed by atoms with E-state index in [1.807, 2.05) is 19.9 Å². The van der Waals surface area contributed by atoms with Gasteiger partial charge in [-0.15, -0.1) is 24.0 Å². The van der Waals surface area contributed by atoms with E-state index < -0.39 is 10.0 Å². The van der Waals surface area contributed by atoms with Crippen molar-refractivity contribution >= 4 is 40.0 Å². The van der Waals surface area contributed by atoms with Crippen molar-refractivity contribution in [1.82, 2.24) is 10.6 Å². The molecule has 29 heavy (non-hydrogen) atoms. The first kappa shape index (κ1) is 25.3. The van der Waals surface area contributed by atoms with Gasteiger partial charge in [0.25, 0.3) is 0 Å². The number of primary sulfonamides is 1. The molecule has 0 aliphatic heterocycles. The molecule has 2 aromatic carbocycles. The maximum Gasteiger partial charge on any atom is 0.238 e. The number of aryl methyl sites for hydroxylation is 1. The van der Waals surface area contributed by atoms with Crippen molar-refractivity contribution in [2.24, 2.45) is 10.1 Å². The topological polar surface area (TPSA) is 96.6 Å². The number of nitrogens with one attached hydrogen (secondary N) is 2. The molecule has 0 aliphatic rings. The van der Waals surface area contributed by atoms with E-state index in [9.17, 15) is 12.8 Å². The third-order valence-corrected chi connectivity index (χ3v) is 5.24. The van der Waals surface area contributed by atoms with Crippen molar-refractivity contribution in [3.63, 3.8) is 0 Å². The minimum absolute atomic E-state index is 0. The van der Waals surface area contributed by atoms with Gasteiger partial charge in [0.05, 0.1) is 10.9 Å². The molecule has 0 aliphatic carbocycles. The van der Waals surface area contributed by atoms with Gasteiger partial charge >= 0.3 is 0 Å². The lowest BCUT2D eigenvalue weighted by molar-refractivity contribution is 0.597. The number of rotatable bonds is 7. The lowest BCUT2D eigenvalue weighted by atomic mass is 10.1. The van der Waals surface area contributed by atoms with Crippen molar-refractivity contribution in [1.29, 1.82) is 0 Å². The number of nitrogens with zero attached hydrogens (tertiary/aromatic N) is 1.